The van der Waals surface area contributed by atoms with E-state index >= 15 is 0 Å². The van der Waals surface area contributed by atoms with E-state index in [4.69, 9.17) is 5.84 Å². The van der Waals surface area contributed by atoms with Crippen molar-refractivity contribution in [1.82, 2.24) is 19.5 Å². The number of nitrogens with one attached hydrogen (secondary N) is 1. The van der Waals surface area contributed by atoms with E-state index in [2.05, 4.69) is 43.2 Å². The van der Waals surface area contributed by atoms with Gasteiger partial charge in [0.05, 0.1) is 4.47 Å². The molecule has 90 valence electrons. The zero-order chi connectivity index (χ0) is 12.3. The van der Waals surface area contributed by atoms with Crippen LogP contribution < -0.4 is 11.3 Å². The zero-order valence-corrected chi connectivity index (χ0v) is 11.0. The van der Waals surface area contributed by atoms with Crippen molar-refractivity contribution in [2.45, 2.75) is 19.8 Å². The number of aryl methyl sites for hydroxylation is 1. The third-order valence-electron chi connectivity index (χ3n) is 2.27. The van der Waals surface area contributed by atoms with E-state index in [0.717, 1.165) is 29.0 Å². The molecule has 0 fully saturated rings. The summed E-state index contributed by atoms with van der Waals surface area (Å²) in [6.07, 6.45) is 7.22. The van der Waals surface area contributed by atoms with Crippen molar-refractivity contribution in [3.8, 4) is 5.82 Å². The molecular formula is C10H13BrN6. The lowest BCUT2D eigenvalue weighted by atomic mass is 10.3. The molecule has 0 aromatic carbocycles. The quantitative estimate of drug-likeness (QED) is 0.662. The Hall–Kier alpha value is -1.47. The lowest BCUT2D eigenvalue weighted by Gasteiger charge is -2.09. The van der Waals surface area contributed by atoms with Crippen molar-refractivity contribution >= 4 is 21.9 Å². The fourth-order valence-electron chi connectivity index (χ4n) is 1.53. The number of halogens is 1. The number of nitrogen functional groups attached to an aromatic ring is 1. The predicted octanol–water partition coefficient (Wildman–Crippen LogP) is 1.66. The van der Waals surface area contributed by atoms with Crippen LogP contribution in [0, 0.1) is 0 Å². The molecular weight excluding hydrogens is 284 g/mol. The predicted molar refractivity (Wildman–Crippen MR) is 68.7 cm³/mol. The van der Waals surface area contributed by atoms with Crippen LogP contribution in [0.4, 0.5) is 5.95 Å². The van der Waals surface area contributed by atoms with E-state index < -0.39 is 0 Å². The van der Waals surface area contributed by atoms with E-state index in [1.54, 1.807) is 12.4 Å². The first-order chi connectivity index (χ1) is 8.26. The topological polar surface area (TPSA) is 81.7 Å². The van der Waals surface area contributed by atoms with Crippen LogP contribution in [0.2, 0.25) is 0 Å². The molecule has 2 heterocycles. The molecule has 0 amide bonds. The third-order valence-corrected chi connectivity index (χ3v) is 2.83. The summed E-state index contributed by atoms with van der Waals surface area (Å²) in [6, 6.07) is 0. The van der Waals surface area contributed by atoms with Gasteiger partial charge in [0, 0.05) is 25.0 Å². The lowest BCUT2D eigenvalue weighted by molar-refractivity contribution is 0.794. The molecule has 0 aliphatic heterocycles. The summed E-state index contributed by atoms with van der Waals surface area (Å²) in [4.78, 5) is 12.6. The molecule has 0 aliphatic rings. The van der Waals surface area contributed by atoms with Gasteiger partial charge < -0.3 is 0 Å². The molecule has 2 rings (SSSR count). The Balaban J connectivity index is 2.47. The van der Waals surface area contributed by atoms with Crippen molar-refractivity contribution in [2.75, 3.05) is 5.43 Å². The highest BCUT2D eigenvalue weighted by atomic mass is 79.9. The highest BCUT2D eigenvalue weighted by Gasteiger charge is 2.10. The molecule has 0 unspecified atom stereocenters. The molecule has 0 atom stereocenters. The maximum absolute atomic E-state index is 5.30. The Labute approximate surface area is 107 Å². The summed E-state index contributed by atoms with van der Waals surface area (Å²) < 4.78 is 2.72. The standard InChI is InChI=1S/C10H13BrN6/c1-2-3-8-13-4-5-17(8)9-7(11)6-14-10(15-9)16-12/h4-6H,2-3,12H2,1H3,(H,14,15,16). The third kappa shape index (κ3) is 2.45. The van der Waals surface area contributed by atoms with Gasteiger partial charge in [0.2, 0.25) is 5.95 Å². The number of hydrazine groups is 1. The summed E-state index contributed by atoms with van der Waals surface area (Å²) in [5.41, 5.74) is 2.43. The number of imidazole rings is 1. The number of nitrogens with zero attached hydrogens (tertiary/aromatic N) is 4. The van der Waals surface area contributed by atoms with Gasteiger partial charge in [-0.15, -0.1) is 0 Å². The minimum Gasteiger partial charge on any atom is -0.292 e. The maximum Gasteiger partial charge on any atom is 0.239 e. The molecule has 17 heavy (non-hydrogen) atoms. The van der Waals surface area contributed by atoms with Crippen LogP contribution in [0.25, 0.3) is 5.82 Å². The second kappa shape index (κ2) is 5.24. The summed E-state index contributed by atoms with van der Waals surface area (Å²) >= 11 is 3.42. The average Bonchev–Trinajstić information content (AvgIpc) is 2.78. The van der Waals surface area contributed by atoms with Gasteiger partial charge >= 0.3 is 0 Å². The SMILES string of the molecule is CCCc1nccn1-c1nc(NN)ncc1Br. The first-order valence-corrected chi connectivity index (χ1v) is 6.07. The summed E-state index contributed by atoms with van der Waals surface area (Å²) in [6.45, 7) is 2.11. The largest absolute Gasteiger partial charge is 0.292 e. The second-order valence-electron chi connectivity index (χ2n) is 3.47. The van der Waals surface area contributed by atoms with Gasteiger partial charge in [-0.1, -0.05) is 6.92 Å². The maximum atomic E-state index is 5.30. The van der Waals surface area contributed by atoms with E-state index in [1.165, 1.54) is 0 Å². The highest BCUT2D eigenvalue weighted by Crippen LogP contribution is 2.20. The molecule has 0 saturated carbocycles. The average molecular weight is 297 g/mol. The summed E-state index contributed by atoms with van der Waals surface area (Å²) in [7, 11) is 0. The van der Waals surface area contributed by atoms with Crippen LogP contribution in [0.5, 0.6) is 0 Å². The monoisotopic (exact) mass is 296 g/mol. The normalized spacial score (nSPS) is 10.5. The van der Waals surface area contributed by atoms with Crippen molar-refractivity contribution in [3.63, 3.8) is 0 Å². The summed E-state index contributed by atoms with van der Waals surface area (Å²) in [5, 5.41) is 0. The molecule has 0 saturated heterocycles. The van der Waals surface area contributed by atoms with Crippen LogP contribution in [0.15, 0.2) is 23.1 Å². The fourth-order valence-corrected chi connectivity index (χ4v) is 1.91. The summed E-state index contributed by atoms with van der Waals surface area (Å²) in [5.74, 6) is 7.38. The molecule has 0 spiro atoms. The Morgan fingerprint density at radius 2 is 2.29 bits per heavy atom. The number of nitrogens with two attached hydrogens (primary N) is 1. The van der Waals surface area contributed by atoms with Gasteiger partial charge in [0.1, 0.15) is 5.82 Å². The van der Waals surface area contributed by atoms with Crippen molar-refractivity contribution < 1.29 is 0 Å². The van der Waals surface area contributed by atoms with E-state index in [-0.39, 0.29) is 0 Å². The highest BCUT2D eigenvalue weighted by molar-refractivity contribution is 9.10. The number of hydrogen-bond acceptors (Lipinski definition) is 5. The first-order valence-electron chi connectivity index (χ1n) is 5.28. The molecule has 2 aromatic rings. The minimum atomic E-state index is 0.374. The Morgan fingerprint density at radius 1 is 1.47 bits per heavy atom. The number of anilines is 1. The Bertz CT molecular complexity index is 509. The van der Waals surface area contributed by atoms with Crippen molar-refractivity contribution in [3.05, 3.63) is 28.9 Å². The van der Waals surface area contributed by atoms with E-state index in [9.17, 15) is 0 Å². The van der Waals surface area contributed by atoms with E-state index in [0.29, 0.717) is 5.95 Å². The Morgan fingerprint density at radius 3 is 3.00 bits per heavy atom. The molecule has 6 nitrogen and oxygen atoms in total. The van der Waals surface area contributed by atoms with Crippen LogP contribution in [-0.2, 0) is 6.42 Å². The molecule has 2 aromatic heterocycles. The van der Waals surface area contributed by atoms with Crippen LogP contribution >= 0.6 is 15.9 Å². The number of rotatable bonds is 4. The molecule has 7 heteroatoms. The lowest BCUT2D eigenvalue weighted by Crippen LogP contribution is -2.13. The number of hydrogen-bond donors (Lipinski definition) is 2. The van der Waals surface area contributed by atoms with Gasteiger partial charge in [-0.2, -0.15) is 4.98 Å². The van der Waals surface area contributed by atoms with Gasteiger partial charge in [-0.25, -0.2) is 15.8 Å². The van der Waals surface area contributed by atoms with Gasteiger partial charge in [-0.3, -0.25) is 9.99 Å². The first kappa shape index (κ1) is 12.0. The van der Waals surface area contributed by atoms with Gasteiger partial charge in [-0.05, 0) is 22.4 Å². The molecule has 3 N–H and O–H groups in total. The van der Waals surface area contributed by atoms with Gasteiger partial charge in [0.15, 0.2) is 5.82 Å². The smallest absolute Gasteiger partial charge is 0.239 e. The zero-order valence-electron chi connectivity index (χ0n) is 9.39. The van der Waals surface area contributed by atoms with Crippen molar-refractivity contribution in [2.24, 2.45) is 5.84 Å². The van der Waals surface area contributed by atoms with E-state index in [1.807, 2.05) is 10.8 Å². The molecule has 0 aliphatic carbocycles. The molecule has 0 bridgehead atoms. The van der Waals surface area contributed by atoms with Gasteiger partial charge in [0.25, 0.3) is 0 Å². The van der Waals surface area contributed by atoms with Crippen LogP contribution in [-0.4, -0.2) is 19.5 Å². The molecule has 0 radical (unpaired) electrons. The fraction of sp³-hybridized carbons (Fsp3) is 0.300. The Kier molecular flexibility index (Phi) is 3.70. The van der Waals surface area contributed by atoms with Crippen LogP contribution in [0.3, 0.4) is 0 Å². The minimum absolute atomic E-state index is 0.374. The van der Waals surface area contributed by atoms with Crippen molar-refractivity contribution in [1.29, 1.82) is 0 Å². The number of aromatic nitrogens is 4. The second-order valence-corrected chi connectivity index (χ2v) is 4.33. The van der Waals surface area contributed by atoms with Crippen LogP contribution in [0.1, 0.15) is 19.2 Å².